The van der Waals surface area contributed by atoms with Crippen molar-refractivity contribution in [3.8, 4) is 0 Å². The number of benzene rings is 2. The van der Waals surface area contributed by atoms with Gasteiger partial charge in [0.2, 0.25) is 10.0 Å². The third-order valence-electron chi connectivity index (χ3n) is 4.55. The lowest BCUT2D eigenvalue weighted by Gasteiger charge is -2.18. The van der Waals surface area contributed by atoms with Gasteiger partial charge >= 0.3 is 0 Å². The van der Waals surface area contributed by atoms with Crippen molar-refractivity contribution < 1.29 is 8.42 Å². The van der Waals surface area contributed by atoms with Gasteiger partial charge in [-0.1, -0.05) is 43.3 Å². The van der Waals surface area contributed by atoms with Crippen molar-refractivity contribution in [3.05, 3.63) is 72.6 Å². The highest BCUT2D eigenvalue weighted by Crippen LogP contribution is 2.18. The normalized spacial score (nSPS) is 14.1. The standard InChI is InChI=1S/C21H25N3O2S/c1-16(18-6-4-3-5-7-18)13-23-14-17(2)24-27(25,26)21-9-8-20-15-22-11-10-19(20)12-21/h3-12,15-17,23-24H,13-14H2,1-2H3/t16-,17+/m0/s1. The van der Waals surface area contributed by atoms with E-state index in [2.05, 4.69) is 34.1 Å². The molecule has 0 fully saturated rings. The van der Waals surface area contributed by atoms with Gasteiger partial charge in [-0.3, -0.25) is 4.98 Å². The van der Waals surface area contributed by atoms with Crippen LogP contribution in [0.3, 0.4) is 0 Å². The molecule has 1 heterocycles. The maximum atomic E-state index is 12.7. The zero-order valence-electron chi connectivity index (χ0n) is 15.6. The smallest absolute Gasteiger partial charge is 0.240 e. The predicted molar refractivity (Wildman–Crippen MR) is 109 cm³/mol. The number of nitrogens with one attached hydrogen (secondary N) is 2. The first-order valence-electron chi connectivity index (χ1n) is 9.07. The summed E-state index contributed by atoms with van der Waals surface area (Å²) in [5.74, 6) is 0.365. The monoisotopic (exact) mass is 383 g/mol. The number of hydrogen-bond donors (Lipinski definition) is 2. The average molecular weight is 384 g/mol. The molecule has 0 spiro atoms. The van der Waals surface area contributed by atoms with Crippen molar-refractivity contribution in [1.29, 1.82) is 0 Å². The Morgan fingerprint density at radius 3 is 2.52 bits per heavy atom. The number of hydrogen-bond acceptors (Lipinski definition) is 4. The van der Waals surface area contributed by atoms with E-state index in [4.69, 9.17) is 0 Å². The van der Waals surface area contributed by atoms with Crippen LogP contribution in [0.15, 0.2) is 71.9 Å². The number of nitrogens with zero attached hydrogens (tertiary/aromatic N) is 1. The SMILES string of the molecule is C[C@H](CNC[C@H](C)c1ccccc1)NS(=O)(=O)c1ccc2cnccc2c1. The summed E-state index contributed by atoms with van der Waals surface area (Å²) in [4.78, 5) is 4.32. The molecular weight excluding hydrogens is 358 g/mol. The van der Waals surface area contributed by atoms with E-state index in [0.29, 0.717) is 12.5 Å². The Labute approximate surface area is 160 Å². The molecule has 0 unspecified atom stereocenters. The second kappa shape index (κ2) is 8.61. The van der Waals surface area contributed by atoms with Gasteiger partial charge in [-0.15, -0.1) is 0 Å². The summed E-state index contributed by atoms with van der Waals surface area (Å²) in [5, 5.41) is 5.13. The average Bonchev–Trinajstić information content (AvgIpc) is 2.67. The van der Waals surface area contributed by atoms with Crippen LogP contribution < -0.4 is 10.0 Å². The Morgan fingerprint density at radius 1 is 0.963 bits per heavy atom. The van der Waals surface area contributed by atoms with Crippen LogP contribution in [-0.2, 0) is 10.0 Å². The molecule has 1 aromatic heterocycles. The van der Waals surface area contributed by atoms with Crippen LogP contribution in [0.2, 0.25) is 0 Å². The first-order valence-corrected chi connectivity index (χ1v) is 10.6. The largest absolute Gasteiger partial charge is 0.315 e. The number of rotatable bonds is 8. The van der Waals surface area contributed by atoms with Gasteiger partial charge in [-0.2, -0.15) is 0 Å². The van der Waals surface area contributed by atoms with Crippen LogP contribution in [0.1, 0.15) is 25.3 Å². The van der Waals surface area contributed by atoms with E-state index in [1.54, 1.807) is 30.6 Å². The van der Waals surface area contributed by atoms with Gasteiger partial charge in [0, 0.05) is 36.9 Å². The minimum absolute atomic E-state index is 0.217. The first kappa shape index (κ1) is 19.5. The summed E-state index contributed by atoms with van der Waals surface area (Å²) < 4.78 is 28.0. The predicted octanol–water partition coefficient (Wildman–Crippen LogP) is 3.29. The van der Waals surface area contributed by atoms with E-state index in [1.807, 2.05) is 31.2 Å². The van der Waals surface area contributed by atoms with Gasteiger partial charge < -0.3 is 5.32 Å². The highest BCUT2D eigenvalue weighted by atomic mass is 32.2. The number of fused-ring (bicyclic) bond motifs is 1. The molecule has 27 heavy (non-hydrogen) atoms. The first-order chi connectivity index (χ1) is 13.0. The Hall–Kier alpha value is -2.28. The van der Waals surface area contributed by atoms with E-state index < -0.39 is 10.0 Å². The maximum absolute atomic E-state index is 12.7. The molecule has 6 heteroatoms. The van der Waals surface area contributed by atoms with Crippen LogP contribution in [0, 0.1) is 0 Å². The molecule has 3 aromatic rings. The second-order valence-electron chi connectivity index (χ2n) is 6.88. The molecule has 5 nitrogen and oxygen atoms in total. The highest BCUT2D eigenvalue weighted by molar-refractivity contribution is 7.89. The van der Waals surface area contributed by atoms with Crippen LogP contribution in [0.4, 0.5) is 0 Å². The molecule has 0 bridgehead atoms. The zero-order valence-corrected chi connectivity index (χ0v) is 16.4. The molecule has 0 aliphatic carbocycles. The third kappa shape index (κ3) is 5.13. The summed E-state index contributed by atoms with van der Waals surface area (Å²) in [6, 6.07) is 16.9. The number of sulfonamides is 1. The molecule has 0 saturated heterocycles. The molecule has 142 valence electrons. The lowest BCUT2D eigenvalue weighted by Crippen LogP contribution is -2.40. The molecule has 0 aliphatic rings. The van der Waals surface area contributed by atoms with Crippen molar-refractivity contribution >= 4 is 20.8 Å². The topological polar surface area (TPSA) is 71.1 Å². The Kier molecular flexibility index (Phi) is 6.21. The zero-order chi connectivity index (χ0) is 19.3. The molecular formula is C21H25N3O2S. The summed E-state index contributed by atoms with van der Waals surface area (Å²) in [7, 11) is -3.56. The third-order valence-corrected chi connectivity index (χ3v) is 6.14. The molecule has 0 saturated carbocycles. The molecule has 0 amide bonds. The Morgan fingerprint density at radius 2 is 1.74 bits per heavy atom. The van der Waals surface area contributed by atoms with Gasteiger partial charge in [0.1, 0.15) is 0 Å². The van der Waals surface area contributed by atoms with Crippen molar-refractivity contribution in [3.63, 3.8) is 0 Å². The van der Waals surface area contributed by atoms with E-state index >= 15 is 0 Å². The summed E-state index contributed by atoms with van der Waals surface area (Å²) >= 11 is 0. The lowest BCUT2D eigenvalue weighted by atomic mass is 10.0. The van der Waals surface area contributed by atoms with Gasteiger partial charge in [-0.05, 0) is 42.0 Å². The lowest BCUT2D eigenvalue weighted by molar-refractivity contribution is 0.525. The summed E-state index contributed by atoms with van der Waals surface area (Å²) in [6.45, 7) is 5.37. The van der Waals surface area contributed by atoms with Crippen LogP contribution in [0.5, 0.6) is 0 Å². The van der Waals surface area contributed by atoms with Crippen molar-refractivity contribution in [1.82, 2.24) is 15.0 Å². The maximum Gasteiger partial charge on any atom is 0.240 e. The highest BCUT2D eigenvalue weighted by Gasteiger charge is 2.18. The van der Waals surface area contributed by atoms with E-state index in [-0.39, 0.29) is 10.9 Å². The minimum atomic E-state index is -3.56. The van der Waals surface area contributed by atoms with Gasteiger partial charge in [0.05, 0.1) is 4.90 Å². The van der Waals surface area contributed by atoms with Crippen molar-refractivity contribution in [2.24, 2.45) is 0 Å². The van der Waals surface area contributed by atoms with Gasteiger partial charge in [-0.25, -0.2) is 13.1 Å². The van der Waals surface area contributed by atoms with E-state index in [0.717, 1.165) is 17.3 Å². The van der Waals surface area contributed by atoms with Crippen molar-refractivity contribution in [2.45, 2.75) is 30.7 Å². The van der Waals surface area contributed by atoms with Gasteiger partial charge in [0.25, 0.3) is 0 Å². The fourth-order valence-corrected chi connectivity index (χ4v) is 4.30. The summed E-state index contributed by atoms with van der Waals surface area (Å²) in [5.41, 5.74) is 1.27. The molecule has 2 aromatic carbocycles. The molecule has 0 aliphatic heterocycles. The van der Waals surface area contributed by atoms with Crippen molar-refractivity contribution in [2.75, 3.05) is 13.1 Å². The number of pyridine rings is 1. The fourth-order valence-electron chi connectivity index (χ4n) is 3.02. The molecule has 2 atom stereocenters. The van der Waals surface area contributed by atoms with Crippen LogP contribution in [0.25, 0.3) is 10.8 Å². The van der Waals surface area contributed by atoms with Crippen LogP contribution in [-0.4, -0.2) is 32.5 Å². The molecule has 3 rings (SSSR count). The van der Waals surface area contributed by atoms with E-state index in [9.17, 15) is 8.42 Å². The second-order valence-corrected chi connectivity index (χ2v) is 8.59. The Bertz CT molecular complexity index is 990. The van der Waals surface area contributed by atoms with Gasteiger partial charge in [0.15, 0.2) is 0 Å². The Balaban J connectivity index is 1.56. The quantitative estimate of drug-likeness (QED) is 0.626. The van der Waals surface area contributed by atoms with E-state index in [1.165, 1.54) is 5.56 Å². The summed E-state index contributed by atoms with van der Waals surface area (Å²) in [6.07, 6.45) is 3.38. The number of aromatic nitrogens is 1. The fraction of sp³-hybridized carbons (Fsp3) is 0.286. The molecule has 2 N–H and O–H groups in total. The molecule has 0 radical (unpaired) electrons. The van der Waals surface area contributed by atoms with Crippen LogP contribution >= 0.6 is 0 Å². The minimum Gasteiger partial charge on any atom is -0.315 e.